The molecule has 0 aliphatic carbocycles. The van der Waals surface area contributed by atoms with Gasteiger partial charge in [0.15, 0.2) is 17.5 Å². The van der Waals surface area contributed by atoms with E-state index in [4.69, 9.17) is 19.4 Å². The van der Waals surface area contributed by atoms with E-state index in [-0.39, 0.29) is 0 Å². The van der Waals surface area contributed by atoms with E-state index in [9.17, 15) is 0 Å². The van der Waals surface area contributed by atoms with Crippen molar-refractivity contribution in [2.75, 3.05) is 11.9 Å². The van der Waals surface area contributed by atoms with Gasteiger partial charge in [0.25, 0.3) is 0 Å². The van der Waals surface area contributed by atoms with Gasteiger partial charge in [0.2, 0.25) is 5.88 Å². The Kier molecular flexibility index (Phi) is 5.81. The first kappa shape index (κ1) is 25.4. The number of anilines is 1. The molecule has 1 aliphatic rings. The lowest BCUT2D eigenvalue weighted by Crippen LogP contribution is -2.10. The van der Waals surface area contributed by atoms with Gasteiger partial charge >= 0.3 is 0 Å². The Morgan fingerprint density at radius 3 is 1.84 bits per heavy atom. The Balaban J connectivity index is 1.23. The summed E-state index contributed by atoms with van der Waals surface area (Å²) in [6, 6.07) is 46.2. The predicted molar refractivity (Wildman–Crippen MR) is 183 cm³/mol. The lowest BCUT2D eigenvalue weighted by Gasteiger charge is -2.16. The molecular formula is C40H26N4O. The second-order valence-electron chi connectivity index (χ2n) is 11.3. The van der Waals surface area contributed by atoms with Crippen LogP contribution >= 0.6 is 0 Å². The molecule has 0 atom stereocenters. The molecule has 3 heterocycles. The zero-order chi connectivity index (χ0) is 29.7. The third-order valence-corrected chi connectivity index (χ3v) is 8.53. The van der Waals surface area contributed by atoms with Gasteiger partial charge in [-0.25, -0.2) is 15.0 Å². The Labute approximate surface area is 259 Å². The summed E-state index contributed by atoms with van der Waals surface area (Å²) in [6.07, 6.45) is 2.15. The monoisotopic (exact) mass is 578 g/mol. The number of fused-ring (bicyclic) bond motifs is 5. The molecule has 2 aromatic heterocycles. The number of aromatic nitrogens is 3. The molecule has 0 bridgehead atoms. The molecule has 0 saturated heterocycles. The van der Waals surface area contributed by atoms with Crippen LogP contribution in [0, 0.1) is 0 Å². The molecule has 1 N–H and O–H groups in total. The van der Waals surface area contributed by atoms with Crippen LogP contribution in [0.3, 0.4) is 0 Å². The van der Waals surface area contributed by atoms with Crippen LogP contribution in [-0.2, 0) is 0 Å². The van der Waals surface area contributed by atoms with Crippen LogP contribution in [0.5, 0.6) is 0 Å². The number of nitrogens with one attached hydrogen (secondary N) is 1. The molecule has 6 aromatic carbocycles. The van der Waals surface area contributed by atoms with E-state index in [0.29, 0.717) is 24.0 Å². The van der Waals surface area contributed by atoms with E-state index in [2.05, 4.69) is 133 Å². The van der Waals surface area contributed by atoms with Crippen LogP contribution in [0.2, 0.25) is 0 Å². The molecular weight excluding hydrogens is 552 g/mol. The van der Waals surface area contributed by atoms with Crippen LogP contribution in [0.15, 0.2) is 144 Å². The van der Waals surface area contributed by atoms with Gasteiger partial charge in [-0.05, 0) is 50.9 Å². The summed E-state index contributed by atoms with van der Waals surface area (Å²) in [6.45, 7) is 0.611. The zero-order valence-electron chi connectivity index (χ0n) is 24.2. The number of nitrogens with zero attached hydrogens (tertiary/aromatic N) is 3. The number of hydrogen-bond donors (Lipinski definition) is 1. The summed E-state index contributed by atoms with van der Waals surface area (Å²) >= 11 is 0. The minimum Gasteiger partial charge on any atom is -0.440 e. The van der Waals surface area contributed by atoms with Crippen LogP contribution in [-0.4, -0.2) is 21.5 Å². The lowest BCUT2D eigenvalue weighted by atomic mass is 9.98. The summed E-state index contributed by atoms with van der Waals surface area (Å²) in [5.74, 6) is 2.61. The highest BCUT2D eigenvalue weighted by Crippen LogP contribution is 2.41. The van der Waals surface area contributed by atoms with E-state index in [1.54, 1.807) is 0 Å². The third-order valence-electron chi connectivity index (χ3n) is 8.53. The minimum atomic E-state index is 0.611. The quantitative estimate of drug-likeness (QED) is 0.225. The van der Waals surface area contributed by atoms with Gasteiger partial charge in [0, 0.05) is 28.6 Å². The molecule has 0 amide bonds. The van der Waals surface area contributed by atoms with Gasteiger partial charge in [-0.1, -0.05) is 121 Å². The Bertz CT molecular complexity index is 2420. The van der Waals surface area contributed by atoms with Crippen molar-refractivity contribution in [1.82, 2.24) is 15.0 Å². The van der Waals surface area contributed by atoms with Crippen LogP contribution in [0.1, 0.15) is 11.4 Å². The second-order valence-corrected chi connectivity index (χ2v) is 11.3. The maximum absolute atomic E-state index is 6.36. The maximum Gasteiger partial charge on any atom is 0.202 e. The van der Waals surface area contributed by atoms with Gasteiger partial charge in [-0.3, -0.25) is 0 Å². The standard InChI is InChI=1S/C40H26N4O/c1-2-8-25(9-3-1)27-14-17-28(18-15-27)37-42-38(32-19-16-26-10-4-5-11-29(26)22-32)44-39(43-37)33-20-21-41-40-36(33)34-23-30-12-6-7-13-31(30)24-35(34)45-40/h1-20,22-24,41H,21H2. The van der Waals surface area contributed by atoms with Crippen molar-refractivity contribution in [3.8, 4) is 33.9 Å². The van der Waals surface area contributed by atoms with Gasteiger partial charge in [0.05, 0.1) is 5.56 Å². The Morgan fingerprint density at radius 2 is 1.07 bits per heavy atom. The topological polar surface area (TPSA) is 63.8 Å². The average Bonchev–Trinajstić information content (AvgIpc) is 3.48. The molecule has 5 nitrogen and oxygen atoms in total. The van der Waals surface area contributed by atoms with E-state index >= 15 is 0 Å². The number of benzene rings is 6. The molecule has 0 spiro atoms. The predicted octanol–water partition coefficient (Wildman–Crippen LogP) is 9.78. The fraction of sp³-hybridized carbons (Fsp3) is 0.0250. The Morgan fingerprint density at radius 1 is 0.489 bits per heavy atom. The van der Waals surface area contributed by atoms with Crippen LogP contribution in [0.4, 0.5) is 5.88 Å². The van der Waals surface area contributed by atoms with Crippen molar-refractivity contribution in [3.63, 3.8) is 0 Å². The highest BCUT2D eigenvalue weighted by molar-refractivity contribution is 6.06. The number of furan rings is 1. The van der Waals surface area contributed by atoms with Crippen LogP contribution in [0.25, 0.3) is 72.0 Å². The summed E-state index contributed by atoms with van der Waals surface area (Å²) in [4.78, 5) is 15.3. The first-order chi connectivity index (χ1) is 22.3. The molecule has 9 rings (SSSR count). The number of rotatable bonds is 4. The van der Waals surface area contributed by atoms with Gasteiger partial charge in [-0.15, -0.1) is 0 Å². The highest BCUT2D eigenvalue weighted by atomic mass is 16.3. The van der Waals surface area contributed by atoms with E-state index in [1.807, 2.05) is 12.1 Å². The fourth-order valence-electron chi connectivity index (χ4n) is 6.25. The SMILES string of the molecule is C1=C(c2nc(-c3ccc(-c4ccccc4)cc3)nc(-c3ccc4ccccc4c3)n2)c2c(oc3cc4ccccc4cc23)NC1. The molecule has 1 aliphatic heterocycles. The van der Waals surface area contributed by atoms with Crippen molar-refractivity contribution in [1.29, 1.82) is 0 Å². The van der Waals surface area contributed by atoms with Crippen molar-refractivity contribution in [2.45, 2.75) is 0 Å². The van der Waals surface area contributed by atoms with Gasteiger partial charge in [0.1, 0.15) is 5.58 Å². The largest absolute Gasteiger partial charge is 0.440 e. The number of hydrogen-bond acceptors (Lipinski definition) is 5. The second kappa shape index (κ2) is 10.3. The van der Waals surface area contributed by atoms with Crippen molar-refractivity contribution in [2.24, 2.45) is 0 Å². The maximum atomic E-state index is 6.36. The zero-order valence-corrected chi connectivity index (χ0v) is 24.2. The third kappa shape index (κ3) is 4.45. The van der Waals surface area contributed by atoms with E-state index in [1.165, 1.54) is 10.9 Å². The van der Waals surface area contributed by atoms with Crippen molar-refractivity contribution in [3.05, 3.63) is 151 Å². The summed E-state index contributed by atoms with van der Waals surface area (Å²) in [5, 5.41) is 9.07. The summed E-state index contributed by atoms with van der Waals surface area (Å²) in [5.41, 5.74) is 6.93. The molecule has 212 valence electrons. The average molecular weight is 579 g/mol. The molecule has 45 heavy (non-hydrogen) atoms. The normalized spacial score (nSPS) is 12.7. The van der Waals surface area contributed by atoms with Gasteiger partial charge < -0.3 is 9.73 Å². The van der Waals surface area contributed by atoms with E-state index < -0.39 is 0 Å². The first-order valence-corrected chi connectivity index (χ1v) is 15.1. The Hall–Kier alpha value is -6.07. The van der Waals surface area contributed by atoms with Gasteiger partial charge in [-0.2, -0.15) is 0 Å². The molecule has 0 saturated carbocycles. The molecule has 5 heteroatoms. The van der Waals surface area contributed by atoms with Crippen molar-refractivity contribution >= 4 is 44.0 Å². The molecule has 0 unspecified atom stereocenters. The van der Waals surface area contributed by atoms with E-state index in [0.717, 1.165) is 60.8 Å². The lowest BCUT2D eigenvalue weighted by molar-refractivity contribution is 0.628. The molecule has 0 radical (unpaired) electrons. The van der Waals surface area contributed by atoms with Crippen LogP contribution < -0.4 is 5.32 Å². The first-order valence-electron chi connectivity index (χ1n) is 15.1. The molecule has 0 fully saturated rings. The minimum absolute atomic E-state index is 0.611. The fourth-order valence-corrected chi connectivity index (χ4v) is 6.25. The van der Waals surface area contributed by atoms with Crippen molar-refractivity contribution < 1.29 is 4.42 Å². The molecule has 8 aromatic rings. The summed E-state index contributed by atoms with van der Waals surface area (Å²) < 4.78 is 6.36. The summed E-state index contributed by atoms with van der Waals surface area (Å²) in [7, 11) is 0. The smallest absolute Gasteiger partial charge is 0.202 e. The highest BCUT2D eigenvalue weighted by Gasteiger charge is 2.25.